The number of nitro groups is 1. The lowest BCUT2D eigenvalue weighted by molar-refractivity contribution is -0.385. The van der Waals surface area contributed by atoms with Crippen LogP contribution in [0.1, 0.15) is 29.5 Å². The normalized spacial score (nSPS) is 23.7. The van der Waals surface area contributed by atoms with E-state index >= 15 is 0 Å². The average molecular weight is 396 g/mol. The van der Waals surface area contributed by atoms with E-state index in [1.54, 1.807) is 12.1 Å². The van der Waals surface area contributed by atoms with Gasteiger partial charge in [0.2, 0.25) is 0 Å². The van der Waals surface area contributed by atoms with Crippen LogP contribution in [0.4, 0.5) is 11.4 Å². The Bertz CT molecular complexity index is 913. The van der Waals surface area contributed by atoms with Gasteiger partial charge in [0.05, 0.1) is 37.3 Å². The number of nitro benzene ring substituents is 1. The second-order valence-electron chi connectivity index (χ2n) is 6.26. The first-order chi connectivity index (χ1) is 12.0. The van der Waals surface area contributed by atoms with Gasteiger partial charge in [-0.3, -0.25) is 10.1 Å². The first kappa shape index (κ1) is 16.7. The Hall–Kier alpha value is -1.75. The highest BCUT2D eigenvalue weighted by molar-refractivity contribution is 6.42. The number of nitrogens with zero attached hydrogens (tertiary/aromatic N) is 1. The minimum Gasteiger partial charge on any atom is -0.376 e. The van der Waals surface area contributed by atoms with Crippen LogP contribution in [0.5, 0.6) is 0 Å². The number of allylic oxidation sites excluding steroid dienone is 2. The van der Waals surface area contributed by atoms with Gasteiger partial charge in [-0.2, -0.15) is 0 Å². The summed E-state index contributed by atoms with van der Waals surface area (Å²) in [5.41, 5.74) is 2.37. The molecule has 1 N–H and O–H groups in total. The smallest absolute Gasteiger partial charge is 0.275 e. The zero-order valence-electron chi connectivity index (χ0n) is 12.9. The molecule has 0 spiro atoms. The molecule has 0 fully saturated rings. The molecule has 2 aliphatic rings. The van der Waals surface area contributed by atoms with Crippen molar-refractivity contribution in [3.05, 3.63) is 78.8 Å². The van der Waals surface area contributed by atoms with E-state index in [0.717, 1.165) is 12.0 Å². The average Bonchev–Trinajstić information content (AvgIpc) is 3.06. The first-order valence-electron chi connectivity index (χ1n) is 7.82. The van der Waals surface area contributed by atoms with E-state index < -0.39 is 0 Å². The van der Waals surface area contributed by atoms with E-state index in [9.17, 15) is 10.1 Å². The highest BCUT2D eigenvalue weighted by Crippen LogP contribution is 2.54. The number of halogens is 3. The van der Waals surface area contributed by atoms with Crippen molar-refractivity contribution >= 4 is 46.2 Å². The molecule has 128 valence electrons. The molecule has 0 amide bonds. The third kappa shape index (κ3) is 2.69. The molecule has 0 saturated carbocycles. The number of hydrogen-bond donors (Lipinski definition) is 1. The maximum atomic E-state index is 11.5. The quantitative estimate of drug-likeness (QED) is 0.364. The molecule has 0 radical (unpaired) electrons. The first-order valence-corrected chi connectivity index (χ1v) is 8.95. The van der Waals surface area contributed by atoms with Crippen LogP contribution in [-0.2, 0) is 0 Å². The lowest BCUT2D eigenvalue weighted by atomic mass is 9.76. The Labute approximate surface area is 159 Å². The predicted molar refractivity (Wildman–Crippen MR) is 101 cm³/mol. The third-order valence-corrected chi connectivity index (χ3v) is 6.00. The van der Waals surface area contributed by atoms with Gasteiger partial charge in [-0.15, -0.1) is 0 Å². The van der Waals surface area contributed by atoms with Gasteiger partial charge in [-0.25, -0.2) is 0 Å². The molecule has 0 saturated heterocycles. The number of rotatable bonds is 2. The third-order valence-electron chi connectivity index (χ3n) is 4.95. The fourth-order valence-corrected chi connectivity index (χ4v) is 4.38. The molecule has 0 aromatic heterocycles. The standard InChI is InChI=1S/C18H13Cl3N2O2/c19-12-5-4-9(8-14(12)21)17-11-3-1-2-10(11)16-15(23(24)25)7-6-13(20)18(16)22-17/h1-2,4-8,10-11,17,22H,3H2/t10-,11+,17+/m1/s1. The summed E-state index contributed by atoms with van der Waals surface area (Å²) in [6.07, 6.45) is 4.94. The van der Waals surface area contributed by atoms with Crippen molar-refractivity contribution in [2.24, 2.45) is 5.92 Å². The summed E-state index contributed by atoms with van der Waals surface area (Å²) in [6, 6.07) is 8.52. The molecule has 2 aromatic rings. The monoisotopic (exact) mass is 394 g/mol. The van der Waals surface area contributed by atoms with Crippen molar-refractivity contribution in [2.45, 2.75) is 18.4 Å². The van der Waals surface area contributed by atoms with Gasteiger partial charge in [0.15, 0.2) is 0 Å². The van der Waals surface area contributed by atoms with E-state index in [4.69, 9.17) is 34.8 Å². The Morgan fingerprint density at radius 1 is 1.08 bits per heavy atom. The van der Waals surface area contributed by atoms with Crippen LogP contribution in [-0.4, -0.2) is 4.92 Å². The second-order valence-corrected chi connectivity index (χ2v) is 7.48. The largest absolute Gasteiger partial charge is 0.376 e. The molecule has 1 heterocycles. The minimum atomic E-state index is -0.348. The molecule has 1 aliphatic heterocycles. The Kier molecular flexibility index (Phi) is 4.14. The molecule has 4 nitrogen and oxygen atoms in total. The van der Waals surface area contributed by atoms with Gasteiger partial charge in [0, 0.05) is 12.0 Å². The number of nitrogens with one attached hydrogen (secondary N) is 1. The van der Waals surface area contributed by atoms with Crippen LogP contribution in [0.2, 0.25) is 15.1 Å². The summed E-state index contributed by atoms with van der Waals surface area (Å²) in [6.45, 7) is 0. The van der Waals surface area contributed by atoms with Crippen LogP contribution < -0.4 is 5.32 Å². The summed E-state index contributed by atoms with van der Waals surface area (Å²) in [4.78, 5) is 11.1. The molecule has 0 unspecified atom stereocenters. The highest BCUT2D eigenvalue weighted by Gasteiger charge is 2.42. The molecule has 4 rings (SSSR count). The minimum absolute atomic E-state index is 0.0539. The van der Waals surface area contributed by atoms with Crippen molar-refractivity contribution in [2.75, 3.05) is 5.32 Å². The summed E-state index contributed by atoms with van der Waals surface area (Å²) in [7, 11) is 0. The van der Waals surface area contributed by atoms with E-state index in [1.807, 2.05) is 18.2 Å². The van der Waals surface area contributed by atoms with Crippen molar-refractivity contribution in [1.29, 1.82) is 0 Å². The molecular weight excluding hydrogens is 383 g/mol. The van der Waals surface area contributed by atoms with Gasteiger partial charge in [-0.1, -0.05) is 53.0 Å². The van der Waals surface area contributed by atoms with Gasteiger partial charge in [-0.05, 0) is 36.1 Å². The van der Waals surface area contributed by atoms with Crippen molar-refractivity contribution < 1.29 is 4.92 Å². The summed E-state index contributed by atoms with van der Waals surface area (Å²) in [5.74, 6) is 0.0942. The van der Waals surface area contributed by atoms with Crippen LogP contribution in [0.15, 0.2) is 42.5 Å². The Morgan fingerprint density at radius 3 is 2.56 bits per heavy atom. The van der Waals surface area contributed by atoms with E-state index in [0.29, 0.717) is 26.3 Å². The lowest BCUT2D eigenvalue weighted by Crippen LogP contribution is -2.29. The zero-order chi connectivity index (χ0) is 17.7. The van der Waals surface area contributed by atoms with Crippen LogP contribution in [0.3, 0.4) is 0 Å². The predicted octanol–water partition coefficient (Wildman–Crippen LogP) is 6.38. The van der Waals surface area contributed by atoms with E-state index in [-0.39, 0.29) is 28.5 Å². The SMILES string of the molecule is O=[N+]([O-])c1ccc(Cl)c2c1[C@@H]1C=CC[C@@H]1[C@H](c1ccc(Cl)c(Cl)c1)N2. The molecule has 2 aromatic carbocycles. The summed E-state index contributed by atoms with van der Waals surface area (Å²) >= 11 is 18.6. The Morgan fingerprint density at radius 2 is 1.84 bits per heavy atom. The number of benzene rings is 2. The summed E-state index contributed by atoms with van der Waals surface area (Å²) < 4.78 is 0. The Balaban J connectivity index is 1.87. The molecule has 0 bridgehead atoms. The van der Waals surface area contributed by atoms with Crippen LogP contribution in [0.25, 0.3) is 0 Å². The molecule has 3 atom stereocenters. The van der Waals surface area contributed by atoms with E-state index in [1.165, 1.54) is 6.07 Å². The van der Waals surface area contributed by atoms with Crippen molar-refractivity contribution in [3.63, 3.8) is 0 Å². The van der Waals surface area contributed by atoms with Gasteiger partial charge < -0.3 is 5.32 Å². The maximum absolute atomic E-state index is 11.5. The van der Waals surface area contributed by atoms with Gasteiger partial charge >= 0.3 is 0 Å². The maximum Gasteiger partial charge on any atom is 0.275 e. The van der Waals surface area contributed by atoms with Gasteiger partial charge in [0.1, 0.15) is 0 Å². The number of fused-ring (bicyclic) bond motifs is 3. The molecule has 25 heavy (non-hydrogen) atoms. The fourth-order valence-electron chi connectivity index (χ4n) is 3.85. The summed E-state index contributed by atoms with van der Waals surface area (Å²) in [5, 5.41) is 16.4. The second kappa shape index (κ2) is 6.20. The molecule has 1 aliphatic carbocycles. The lowest BCUT2D eigenvalue weighted by Gasteiger charge is -2.37. The zero-order valence-corrected chi connectivity index (χ0v) is 15.1. The molecular formula is C18H13Cl3N2O2. The van der Waals surface area contributed by atoms with Crippen LogP contribution >= 0.6 is 34.8 Å². The van der Waals surface area contributed by atoms with Crippen molar-refractivity contribution in [3.8, 4) is 0 Å². The van der Waals surface area contributed by atoms with Crippen LogP contribution in [0, 0.1) is 16.0 Å². The molecule has 7 heteroatoms. The number of hydrogen-bond acceptors (Lipinski definition) is 3. The van der Waals surface area contributed by atoms with Gasteiger partial charge in [0.25, 0.3) is 5.69 Å². The number of anilines is 1. The van der Waals surface area contributed by atoms with Crippen molar-refractivity contribution in [1.82, 2.24) is 0 Å². The van der Waals surface area contributed by atoms with E-state index in [2.05, 4.69) is 11.4 Å². The highest BCUT2D eigenvalue weighted by atomic mass is 35.5. The fraction of sp³-hybridized carbons (Fsp3) is 0.222. The topological polar surface area (TPSA) is 55.2 Å².